The topological polar surface area (TPSA) is 47.9 Å². The number of benzene rings is 1. The number of fused-ring (bicyclic) bond motifs is 1. The molecule has 100 valence electrons. The molecular weight excluding hydrogens is 274 g/mol. The first-order chi connectivity index (χ1) is 9.78. The van der Waals surface area contributed by atoms with Crippen LogP contribution in [0, 0.1) is 0 Å². The Morgan fingerprint density at radius 1 is 1.15 bits per heavy atom. The molecule has 1 aromatic carbocycles. The van der Waals surface area contributed by atoms with Crippen LogP contribution in [0.25, 0.3) is 22.3 Å². The highest BCUT2D eigenvalue weighted by molar-refractivity contribution is 6.29. The lowest BCUT2D eigenvalue weighted by Crippen LogP contribution is -1.98. The van der Waals surface area contributed by atoms with Crippen LogP contribution in [0.2, 0.25) is 5.15 Å². The molecule has 5 heteroatoms. The average molecular weight is 286 g/mol. The van der Waals surface area contributed by atoms with Gasteiger partial charge in [0.1, 0.15) is 5.15 Å². The zero-order chi connectivity index (χ0) is 13.9. The molecule has 0 unspecified atom stereocenters. The maximum Gasteiger partial charge on any atom is 0.163 e. The lowest BCUT2D eigenvalue weighted by molar-refractivity contribution is 0.181. The van der Waals surface area contributed by atoms with Crippen molar-refractivity contribution < 1.29 is 4.74 Å². The molecule has 0 amide bonds. The molecule has 20 heavy (non-hydrogen) atoms. The summed E-state index contributed by atoms with van der Waals surface area (Å²) >= 11 is 6.06. The monoisotopic (exact) mass is 285 g/mol. The third-order valence-electron chi connectivity index (χ3n) is 2.91. The summed E-state index contributed by atoms with van der Waals surface area (Å²) in [5.41, 5.74) is 2.47. The van der Waals surface area contributed by atoms with Crippen molar-refractivity contribution in [2.75, 3.05) is 7.11 Å². The van der Waals surface area contributed by atoms with Gasteiger partial charge in [0.05, 0.1) is 17.8 Å². The Labute approximate surface area is 121 Å². The number of ether oxygens (including phenoxy) is 1. The summed E-state index contributed by atoms with van der Waals surface area (Å²) in [7, 11) is 1.62. The van der Waals surface area contributed by atoms with Gasteiger partial charge < -0.3 is 4.74 Å². The number of rotatable bonds is 3. The fourth-order valence-corrected chi connectivity index (χ4v) is 2.30. The predicted octanol–water partition coefficient (Wildman–Crippen LogP) is 3.49. The summed E-state index contributed by atoms with van der Waals surface area (Å²) in [6.07, 6.45) is 1.76. The number of para-hydroxylation sites is 1. The molecule has 0 aliphatic carbocycles. The maximum atomic E-state index is 6.06. The summed E-state index contributed by atoms with van der Waals surface area (Å²) < 4.78 is 5.10. The fraction of sp³-hybridized carbons (Fsp3) is 0.133. The molecule has 4 nitrogen and oxygen atoms in total. The summed E-state index contributed by atoms with van der Waals surface area (Å²) in [5, 5.41) is 1.44. The van der Waals surface area contributed by atoms with Crippen molar-refractivity contribution >= 4 is 22.5 Å². The van der Waals surface area contributed by atoms with E-state index < -0.39 is 0 Å². The molecule has 0 radical (unpaired) electrons. The van der Waals surface area contributed by atoms with Crippen molar-refractivity contribution in [3.8, 4) is 11.4 Å². The van der Waals surface area contributed by atoms with Crippen LogP contribution >= 0.6 is 11.6 Å². The molecule has 0 fully saturated rings. The van der Waals surface area contributed by atoms with Crippen LogP contribution in [0.3, 0.4) is 0 Å². The van der Waals surface area contributed by atoms with Gasteiger partial charge in [0.25, 0.3) is 0 Å². The van der Waals surface area contributed by atoms with E-state index in [0.717, 1.165) is 22.2 Å². The number of pyridine rings is 1. The van der Waals surface area contributed by atoms with Gasteiger partial charge in [-0.15, -0.1) is 0 Å². The summed E-state index contributed by atoms with van der Waals surface area (Å²) in [4.78, 5) is 13.2. The minimum absolute atomic E-state index is 0.396. The van der Waals surface area contributed by atoms with Crippen LogP contribution in [0.5, 0.6) is 0 Å². The molecule has 0 aliphatic rings. The Bertz CT molecular complexity index is 756. The van der Waals surface area contributed by atoms with Gasteiger partial charge in [0.2, 0.25) is 0 Å². The van der Waals surface area contributed by atoms with Gasteiger partial charge in [0.15, 0.2) is 5.82 Å². The van der Waals surface area contributed by atoms with E-state index in [4.69, 9.17) is 16.3 Å². The van der Waals surface area contributed by atoms with E-state index in [1.54, 1.807) is 19.4 Å². The van der Waals surface area contributed by atoms with Crippen LogP contribution in [0.4, 0.5) is 0 Å². The van der Waals surface area contributed by atoms with E-state index in [0.29, 0.717) is 17.6 Å². The van der Waals surface area contributed by atoms with E-state index in [1.807, 2.05) is 30.3 Å². The molecule has 0 atom stereocenters. The second-order valence-electron chi connectivity index (χ2n) is 4.32. The van der Waals surface area contributed by atoms with E-state index in [-0.39, 0.29) is 0 Å². The summed E-state index contributed by atoms with van der Waals surface area (Å²) in [6, 6.07) is 11.5. The lowest BCUT2D eigenvalue weighted by Gasteiger charge is -2.07. The third-order valence-corrected chi connectivity index (χ3v) is 3.11. The molecular formula is C15H12ClN3O. The minimum atomic E-state index is 0.396. The third kappa shape index (κ3) is 2.48. The Morgan fingerprint density at radius 3 is 2.85 bits per heavy atom. The Balaban J connectivity index is 2.20. The summed E-state index contributed by atoms with van der Waals surface area (Å²) in [5.74, 6) is 0.564. The Morgan fingerprint density at radius 2 is 2.00 bits per heavy atom. The zero-order valence-electron chi connectivity index (χ0n) is 10.9. The molecule has 0 bridgehead atoms. The minimum Gasteiger partial charge on any atom is -0.378 e. The van der Waals surface area contributed by atoms with Gasteiger partial charge in [0, 0.05) is 24.3 Å². The normalized spacial score (nSPS) is 10.9. The average Bonchev–Trinajstić information content (AvgIpc) is 2.46. The second kappa shape index (κ2) is 5.53. The highest BCUT2D eigenvalue weighted by Gasteiger charge is 2.10. The Kier molecular flexibility index (Phi) is 3.58. The first-order valence-electron chi connectivity index (χ1n) is 6.14. The standard InChI is InChI=1S/C15H12ClN3O/c1-20-9-11-8-13(16)19-15(18-11)12-6-2-4-10-5-3-7-17-14(10)12/h2-8H,9H2,1H3. The van der Waals surface area contributed by atoms with Gasteiger partial charge in [-0.3, -0.25) is 4.98 Å². The molecule has 0 N–H and O–H groups in total. The van der Waals surface area contributed by atoms with Crippen molar-refractivity contribution in [3.05, 3.63) is 53.4 Å². The second-order valence-corrected chi connectivity index (χ2v) is 4.71. The van der Waals surface area contributed by atoms with Crippen LogP contribution in [-0.2, 0) is 11.3 Å². The molecule has 2 heterocycles. The van der Waals surface area contributed by atoms with Crippen molar-refractivity contribution in [1.82, 2.24) is 15.0 Å². The number of hydrogen-bond acceptors (Lipinski definition) is 4. The summed E-state index contributed by atoms with van der Waals surface area (Å²) in [6.45, 7) is 0.396. The molecule has 3 aromatic rings. The molecule has 3 rings (SSSR count). The smallest absolute Gasteiger partial charge is 0.163 e. The fourth-order valence-electron chi connectivity index (χ4n) is 2.09. The van der Waals surface area contributed by atoms with E-state index in [2.05, 4.69) is 15.0 Å². The molecule has 0 spiro atoms. The molecule has 0 aliphatic heterocycles. The van der Waals surface area contributed by atoms with Gasteiger partial charge in [-0.05, 0) is 18.2 Å². The molecule has 0 saturated heterocycles. The first-order valence-corrected chi connectivity index (χ1v) is 6.52. The largest absolute Gasteiger partial charge is 0.378 e. The zero-order valence-corrected chi connectivity index (χ0v) is 11.6. The van der Waals surface area contributed by atoms with Crippen molar-refractivity contribution in [1.29, 1.82) is 0 Å². The van der Waals surface area contributed by atoms with E-state index in [9.17, 15) is 0 Å². The number of hydrogen-bond donors (Lipinski definition) is 0. The van der Waals surface area contributed by atoms with Crippen LogP contribution in [0.1, 0.15) is 5.69 Å². The number of methoxy groups -OCH3 is 1. The van der Waals surface area contributed by atoms with Crippen molar-refractivity contribution in [3.63, 3.8) is 0 Å². The van der Waals surface area contributed by atoms with Crippen molar-refractivity contribution in [2.45, 2.75) is 6.61 Å². The highest BCUT2D eigenvalue weighted by atomic mass is 35.5. The predicted molar refractivity (Wildman–Crippen MR) is 78.5 cm³/mol. The molecule has 2 aromatic heterocycles. The van der Waals surface area contributed by atoms with E-state index >= 15 is 0 Å². The first kappa shape index (κ1) is 13.0. The maximum absolute atomic E-state index is 6.06. The van der Waals surface area contributed by atoms with Crippen LogP contribution < -0.4 is 0 Å². The van der Waals surface area contributed by atoms with Gasteiger partial charge in [-0.1, -0.05) is 29.8 Å². The van der Waals surface area contributed by atoms with Crippen LogP contribution in [0.15, 0.2) is 42.6 Å². The molecule has 0 saturated carbocycles. The van der Waals surface area contributed by atoms with Crippen LogP contribution in [-0.4, -0.2) is 22.1 Å². The number of nitrogens with zero attached hydrogens (tertiary/aromatic N) is 3. The van der Waals surface area contributed by atoms with Gasteiger partial charge in [-0.2, -0.15) is 0 Å². The quantitative estimate of drug-likeness (QED) is 0.691. The number of aromatic nitrogens is 3. The SMILES string of the molecule is COCc1cc(Cl)nc(-c2cccc3cccnc23)n1. The lowest BCUT2D eigenvalue weighted by atomic mass is 10.1. The Hall–Kier alpha value is -2.04. The van der Waals surface area contributed by atoms with Gasteiger partial charge >= 0.3 is 0 Å². The van der Waals surface area contributed by atoms with Crippen molar-refractivity contribution in [2.24, 2.45) is 0 Å². The van der Waals surface area contributed by atoms with E-state index in [1.165, 1.54) is 0 Å². The van der Waals surface area contributed by atoms with Gasteiger partial charge in [-0.25, -0.2) is 9.97 Å². The number of halogens is 1. The highest BCUT2D eigenvalue weighted by Crippen LogP contribution is 2.25.